The first-order valence-corrected chi connectivity index (χ1v) is 8.79. The van der Waals surface area contributed by atoms with Crippen molar-refractivity contribution in [2.24, 2.45) is 5.92 Å². The summed E-state index contributed by atoms with van der Waals surface area (Å²) in [4.78, 5) is 17.3. The van der Waals surface area contributed by atoms with Crippen LogP contribution in [0.5, 0.6) is 5.88 Å². The highest BCUT2D eigenvalue weighted by Gasteiger charge is 2.21. The van der Waals surface area contributed by atoms with E-state index < -0.39 is 0 Å². The van der Waals surface area contributed by atoms with Gasteiger partial charge in [0.1, 0.15) is 0 Å². The molecule has 0 aliphatic heterocycles. The second-order valence-electron chi connectivity index (χ2n) is 5.70. The van der Waals surface area contributed by atoms with E-state index in [0.29, 0.717) is 19.0 Å². The predicted molar refractivity (Wildman–Crippen MR) is 90.7 cm³/mol. The van der Waals surface area contributed by atoms with Crippen LogP contribution >= 0.6 is 11.3 Å². The minimum atomic E-state index is -0.157. The van der Waals surface area contributed by atoms with Gasteiger partial charge in [0.05, 0.1) is 6.61 Å². The summed E-state index contributed by atoms with van der Waals surface area (Å²) in [6.45, 7) is 1.86. The minimum Gasteiger partial charge on any atom is -0.477 e. The van der Waals surface area contributed by atoms with E-state index in [1.807, 2.05) is 23.6 Å². The lowest BCUT2D eigenvalue weighted by molar-refractivity contribution is 0.240. The molecule has 1 aliphatic rings. The molecule has 3 rings (SSSR count). The normalized spacial score (nSPS) is 13.6. The summed E-state index contributed by atoms with van der Waals surface area (Å²) >= 11 is 1.70. The Labute approximate surface area is 140 Å². The van der Waals surface area contributed by atoms with Crippen LogP contribution in [-0.4, -0.2) is 24.2 Å². The van der Waals surface area contributed by atoms with Crippen LogP contribution in [0.2, 0.25) is 0 Å². The number of hydrogen-bond acceptors (Lipinski definition) is 4. The Bertz CT molecular complexity index is 609. The molecule has 2 aromatic heterocycles. The van der Waals surface area contributed by atoms with Crippen LogP contribution in [0.1, 0.15) is 23.3 Å². The van der Waals surface area contributed by atoms with Gasteiger partial charge in [-0.25, -0.2) is 9.78 Å². The fourth-order valence-corrected chi connectivity index (χ4v) is 2.80. The molecular formula is C17H21N3O2S. The molecule has 0 radical (unpaired) electrons. The van der Waals surface area contributed by atoms with Gasteiger partial charge in [0, 0.05) is 30.2 Å². The summed E-state index contributed by atoms with van der Waals surface area (Å²) in [5, 5.41) is 7.73. The van der Waals surface area contributed by atoms with Gasteiger partial charge in [0.15, 0.2) is 0 Å². The van der Waals surface area contributed by atoms with Crippen molar-refractivity contribution in [3.05, 3.63) is 46.3 Å². The quantitative estimate of drug-likeness (QED) is 0.782. The Morgan fingerprint density at radius 2 is 2.22 bits per heavy atom. The average molecular weight is 331 g/mol. The van der Waals surface area contributed by atoms with Gasteiger partial charge in [-0.2, -0.15) is 0 Å². The fraction of sp³-hybridized carbons (Fsp3) is 0.412. The Hall–Kier alpha value is -2.08. The van der Waals surface area contributed by atoms with Gasteiger partial charge in [0.2, 0.25) is 5.88 Å². The molecule has 1 saturated carbocycles. The largest absolute Gasteiger partial charge is 0.477 e. The molecular weight excluding hydrogens is 310 g/mol. The molecule has 0 bridgehead atoms. The van der Waals surface area contributed by atoms with E-state index in [1.165, 1.54) is 17.7 Å². The van der Waals surface area contributed by atoms with Crippen LogP contribution in [0.15, 0.2) is 35.8 Å². The average Bonchev–Trinajstić information content (AvgIpc) is 3.26. The molecule has 2 amide bonds. The summed E-state index contributed by atoms with van der Waals surface area (Å²) in [5.74, 6) is 1.37. The number of aromatic nitrogens is 1. The number of thiophene rings is 1. The SMILES string of the molecule is O=C(NCCc1cccs1)NCc1ccc(OCC2CC2)nc1. The molecule has 1 fully saturated rings. The standard InChI is InChI=1S/C17H21N3O2S/c21-17(18-8-7-15-2-1-9-23-15)20-11-14-5-6-16(19-10-14)22-12-13-3-4-13/h1-2,5-6,9-10,13H,3-4,7-8,11-12H2,(H2,18,20,21). The second kappa shape index (κ2) is 7.97. The van der Waals surface area contributed by atoms with Crippen LogP contribution < -0.4 is 15.4 Å². The number of pyridine rings is 1. The lowest BCUT2D eigenvalue weighted by Gasteiger charge is -2.08. The zero-order valence-corrected chi connectivity index (χ0v) is 13.8. The lowest BCUT2D eigenvalue weighted by Crippen LogP contribution is -2.36. The fourth-order valence-electron chi connectivity index (χ4n) is 2.09. The molecule has 2 N–H and O–H groups in total. The maximum absolute atomic E-state index is 11.7. The summed E-state index contributed by atoms with van der Waals surface area (Å²) < 4.78 is 5.59. The molecule has 0 saturated heterocycles. The number of hydrogen-bond donors (Lipinski definition) is 2. The van der Waals surface area contributed by atoms with Gasteiger partial charge in [-0.1, -0.05) is 12.1 Å². The molecule has 122 valence electrons. The predicted octanol–water partition coefficient (Wildman–Crippen LogP) is 2.97. The zero-order valence-electron chi connectivity index (χ0n) is 13.0. The zero-order chi connectivity index (χ0) is 15.9. The highest BCUT2D eigenvalue weighted by molar-refractivity contribution is 7.09. The van der Waals surface area contributed by atoms with E-state index in [2.05, 4.69) is 21.7 Å². The highest BCUT2D eigenvalue weighted by Crippen LogP contribution is 2.29. The Balaban J connectivity index is 1.33. The number of amides is 2. The van der Waals surface area contributed by atoms with Gasteiger partial charge in [0.25, 0.3) is 0 Å². The van der Waals surface area contributed by atoms with Crippen molar-refractivity contribution < 1.29 is 9.53 Å². The van der Waals surface area contributed by atoms with E-state index in [9.17, 15) is 4.79 Å². The van der Waals surface area contributed by atoms with Gasteiger partial charge < -0.3 is 15.4 Å². The van der Waals surface area contributed by atoms with Gasteiger partial charge in [-0.15, -0.1) is 11.3 Å². The Morgan fingerprint density at radius 3 is 2.91 bits per heavy atom. The van der Waals surface area contributed by atoms with Crippen molar-refractivity contribution in [2.45, 2.75) is 25.8 Å². The Kier molecular flexibility index (Phi) is 5.47. The lowest BCUT2D eigenvalue weighted by atomic mass is 10.3. The summed E-state index contributed by atoms with van der Waals surface area (Å²) in [5.41, 5.74) is 0.956. The smallest absolute Gasteiger partial charge is 0.315 e. The topological polar surface area (TPSA) is 63.2 Å². The molecule has 6 heteroatoms. The Morgan fingerprint density at radius 1 is 1.30 bits per heavy atom. The number of nitrogens with zero attached hydrogens (tertiary/aromatic N) is 1. The maximum Gasteiger partial charge on any atom is 0.315 e. The number of rotatable bonds is 8. The van der Waals surface area contributed by atoms with Crippen molar-refractivity contribution in [2.75, 3.05) is 13.2 Å². The third-order valence-corrected chi connectivity index (χ3v) is 4.59. The summed E-state index contributed by atoms with van der Waals surface area (Å²) in [7, 11) is 0. The van der Waals surface area contributed by atoms with Gasteiger partial charge in [-0.3, -0.25) is 0 Å². The van der Waals surface area contributed by atoms with E-state index in [4.69, 9.17) is 4.74 Å². The third-order valence-electron chi connectivity index (χ3n) is 3.65. The molecule has 23 heavy (non-hydrogen) atoms. The number of carbonyl (C=O) groups is 1. The minimum absolute atomic E-state index is 0.157. The van der Waals surface area contributed by atoms with Crippen LogP contribution in [0.3, 0.4) is 0 Å². The van der Waals surface area contributed by atoms with Crippen molar-refractivity contribution in [3.8, 4) is 5.88 Å². The summed E-state index contributed by atoms with van der Waals surface area (Å²) in [6.07, 6.45) is 5.14. The molecule has 1 aliphatic carbocycles. The maximum atomic E-state index is 11.7. The van der Waals surface area contributed by atoms with E-state index in [1.54, 1.807) is 17.5 Å². The first-order chi connectivity index (χ1) is 11.3. The molecule has 2 heterocycles. The number of nitrogens with one attached hydrogen (secondary N) is 2. The van der Waals surface area contributed by atoms with Gasteiger partial charge in [-0.05, 0) is 42.2 Å². The van der Waals surface area contributed by atoms with Crippen LogP contribution in [0, 0.1) is 5.92 Å². The molecule has 0 atom stereocenters. The van der Waals surface area contributed by atoms with Crippen molar-refractivity contribution in [1.82, 2.24) is 15.6 Å². The van der Waals surface area contributed by atoms with Crippen molar-refractivity contribution >= 4 is 17.4 Å². The van der Waals surface area contributed by atoms with E-state index in [-0.39, 0.29) is 6.03 Å². The number of carbonyl (C=O) groups excluding carboxylic acids is 1. The van der Waals surface area contributed by atoms with Gasteiger partial charge >= 0.3 is 6.03 Å². The van der Waals surface area contributed by atoms with Crippen LogP contribution in [0.25, 0.3) is 0 Å². The first kappa shape index (κ1) is 15.8. The monoisotopic (exact) mass is 331 g/mol. The van der Waals surface area contributed by atoms with E-state index in [0.717, 1.165) is 24.5 Å². The van der Waals surface area contributed by atoms with Crippen molar-refractivity contribution in [1.29, 1.82) is 0 Å². The molecule has 0 unspecified atom stereocenters. The highest BCUT2D eigenvalue weighted by atomic mass is 32.1. The molecule has 2 aromatic rings. The number of ether oxygens (including phenoxy) is 1. The van der Waals surface area contributed by atoms with Crippen LogP contribution in [-0.2, 0) is 13.0 Å². The molecule has 0 aromatic carbocycles. The van der Waals surface area contributed by atoms with Crippen molar-refractivity contribution in [3.63, 3.8) is 0 Å². The van der Waals surface area contributed by atoms with Crippen LogP contribution in [0.4, 0.5) is 4.79 Å². The third kappa shape index (κ3) is 5.56. The van der Waals surface area contributed by atoms with E-state index >= 15 is 0 Å². The molecule has 0 spiro atoms. The second-order valence-corrected chi connectivity index (χ2v) is 6.73. The number of urea groups is 1. The molecule has 5 nitrogen and oxygen atoms in total. The summed E-state index contributed by atoms with van der Waals surface area (Å²) in [6, 6.07) is 7.72. The first-order valence-electron chi connectivity index (χ1n) is 7.91.